The third-order valence-corrected chi connectivity index (χ3v) is 3.26. The van der Waals surface area contributed by atoms with Gasteiger partial charge in [0.1, 0.15) is 24.3 Å². The lowest BCUT2D eigenvalue weighted by Crippen LogP contribution is -2.37. The van der Waals surface area contributed by atoms with Crippen molar-refractivity contribution in [1.29, 1.82) is 0 Å². The van der Waals surface area contributed by atoms with Gasteiger partial charge in [-0.1, -0.05) is 39.0 Å². The molecule has 0 radical (unpaired) electrons. The summed E-state index contributed by atoms with van der Waals surface area (Å²) in [5.41, 5.74) is 0.337. The summed E-state index contributed by atoms with van der Waals surface area (Å²) in [6.45, 7) is 6.20. The molecule has 2 aromatic rings. The minimum Gasteiger partial charge on any atom is -0.491 e. The number of carbonyl (C=O) groups is 1. The van der Waals surface area contributed by atoms with Crippen LogP contribution in [-0.2, 0) is 5.41 Å². The van der Waals surface area contributed by atoms with Gasteiger partial charge >= 0.3 is 6.03 Å². The lowest BCUT2D eigenvalue weighted by atomic mass is 9.96. The van der Waals surface area contributed by atoms with Crippen molar-refractivity contribution in [1.82, 2.24) is 15.3 Å². The molecule has 0 saturated heterocycles. The van der Waals surface area contributed by atoms with Gasteiger partial charge < -0.3 is 20.5 Å². The van der Waals surface area contributed by atoms with Crippen molar-refractivity contribution in [3.05, 3.63) is 48.5 Å². The Morgan fingerprint density at radius 1 is 1.20 bits per heavy atom. The van der Waals surface area contributed by atoms with Crippen LogP contribution in [0.3, 0.4) is 0 Å². The van der Waals surface area contributed by atoms with Crippen molar-refractivity contribution in [2.75, 3.05) is 18.5 Å². The van der Waals surface area contributed by atoms with Crippen molar-refractivity contribution in [2.24, 2.45) is 0 Å². The van der Waals surface area contributed by atoms with Gasteiger partial charge in [0.15, 0.2) is 0 Å². The summed E-state index contributed by atoms with van der Waals surface area (Å²) in [5.74, 6) is 1.37. The van der Waals surface area contributed by atoms with Crippen molar-refractivity contribution in [2.45, 2.75) is 32.3 Å². The van der Waals surface area contributed by atoms with Gasteiger partial charge in [-0.2, -0.15) is 0 Å². The molecule has 1 aromatic carbocycles. The summed E-state index contributed by atoms with van der Waals surface area (Å²) in [5, 5.41) is 15.1. The Kier molecular flexibility index (Phi) is 6.30. The molecule has 3 N–H and O–H groups in total. The highest BCUT2D eigenvalue weighted by atomic mass is 16.5. The predicted molar refractivity (Wildman–Crippen MR) is 95.7 cm³/mol. The zero-order chi connectivity index (χ0) is 18.3. The van der Waals surface area contributed by atoms with Crippen LogP contribution in [0.15, 0.2) is 42.7 Å². The number of ether oxygens (including phenoxy) is 1. The lowest BCUT2D eigenvalue weighted by molar-refractivity contribution is 0.108. The Labute approximate surface area is 147 Å². The van der Waals surface area contributed by atoms with Crippen LogP contribution in [0.2, 0.25) is 0 Å². The molecule has 0 aliphatic heterocycles. The Balaban J connectivity index is 1.73. The quantitative estimate of drug-likeness (QED) is 0.747. The average Bonchev–Trinajstić information content (AvgIpc) is 2.59. The summed E-state index contributed by atoms with van der Waals surface area (Å²) >= 11 is 0. The minimum absolute atomic E-state index is 0.0690. The highest BCUT2D eigenvalue weighted by molar-refractivity contribution is 5.88. The SMILES string of the molecule is CC(C)(C)c1ncc(NC(=O)NC[C@@H](O)COc2ccccc2)cn1. The van der Waals surface area contributed by atoms with Gasteiger partial charge in [0.25, 0.3) is 0 Å². The average molecular weight is 344 g/mol. The number of anilines is 1. The molecular formula is C18H24N4O3. The van der Waals surface area contributed by atoms with E-state index in [0.29, 0.717) is 17.3 Å². The molecule has 0 aliphatic rings. The van der Waals surface area contributed by atoms with Crippen LogP contribution in [0.25, 0.3) is 0 Å². The molecule has 2 rings (SSSR count). The molecule has 1 atom stereocenters. The van der Waals surface area contributed by atoms with E-state index in [4.69, 9.17) is 4.74 Å². The molecule has 0 saturated carbocycles. The van der Waals surface area contributed by atoms with E-state index in [0.717, 1.165) is 0 Å². The maximum Gasteiger partial charge on any atom is 0.319 e. The fourth-order valence-corrected chi connectivity index (χ4v) is 1.93. The molecule has 0 spiro atoms. The topological polar surface area (TPSA) is 96.4 Å². The van der Waals surface area contributed by atoms with Gasteiger partial charge in [-0.05, 0) is 12.1 Å². The zero-order valence-corrected chi connectivity index (χ0v) is 14.7. The number of nitrogens with one attached hydrogen (secondary N) is 2. The monoisotopic (exact) mass is 344 g/mol. The van der Waals surface area contributed by atoms with E-state index in [1.165, 1.54) is 0 Å². The third-order valence-electron chi connectivity index (χ3n) is 3.26. The molecular weight excluding hydrogens is 320 g/mol. The fourth-order valence-electron chi connectivity index (χ4n) is 1.93. The summed E-state index contributed by atoms with van der Waals surface area (Å²) in [6, 6.07) is 8.74. The molecule has 25 heavy (non-hydrogen) atoms. The Morgan fingerprint density at radius 3 is 2.44 bits per heavy atom. The van der Waals surface area contributed by atoms with E-state index in [1.54, 1.807) is 24.5 Å². The Hall–Kier alpha value is -2.67. The standard InChI is InChI=1S/C18H24N4O3/c1-18(2,3)16-19-9-13(10-20-16)22-17(24)21-11-14(23)12-25-15-7-5-4-6-8-15/h4-10,14,23H,11-12H2,1-3H3,(H2,21,22,24)/t14-/m1/s1. The summed E-state index contributed by atoms with van der Waals surface area (Å²) in [4.78, 5) is 20.3. The van der Waals surface area contributed by atoms with E-state index in [-0.39, 0.29) is 18.6 Å². The second kappa shape index (κ2) is 8.43. The second-order valence-electron chi connectivity index (χ2n) is 6.66. The van der Waals surface area contributed by atoms with Crippen molar-refractivity contribution >= 4 is 11.7 Å². The first-order valence-electron chi connectivity index (χ1n) is 8.08. The number of aliphatic hydroxyl groups excluding tert-OH is 1. The van der Waals surface area contributed by atoms with Crippen molar-refractivity contribution in [3.63, 3.8) is 0 Å². The van der Waals surface area contributed by atoms with Crippen LogP contribution < -0.4 is 15.4 Å². The third kappa shape index (κ3) is 6.39. The number of benzene rings is 1. The highest BCUT2D eigenvalue weighted by Gasteiger charge is 2.17. The number of nitrogens with zero attached hydrogens (tertiary/aromatic N) is 2. The molecule has 0 aliphatic carbocycles. The second-order valence-corrected chi connectivity index (χ2v) is 6.66. The van der Waals surface area contributed by atoms with Crippen molar-refractivity contribution in [3.8, 4) is 5.75 Å². The summed E-state index contributed by atoms with van der Waals surface area (Å²) < 4.78 is 5.42. The normalized spacial score (nSPS) is 12.3. The maximum atomic E-state index is 11.8. The molecule has 1 aromatic heterocycles. The predicted octanol–water partition coefficient (Wildman–Crippen LogP) is 2.34. The summed E-state index contributed by atoms with van der Waals surface area (Å²) in [7, 11) is 0. The first-order valence-corrected chi connectivity index (χ1v) is 8.08. The van der Waals surface area contributed by atoms with Gasteiger partial charge in [-0.25, -0.2) is 14.8 Å². The van der Waals surface area contributed by atoms with E-state index in [2.05, 4.69) is 20.6 Å². The van der Waals surface area contributed by atoms with Crippen LogP contribution in [0, 0.1) is 0 Å². The van der Waals surface area contributed by atoms with Crippen LogP contribution in [0.1, 0.15) is 26.6 Å². The molecule has 7 nitrogen and oxygen atoms in total. The lowest BCUT2D eigenvalue weighted by Gasteiger charge is -2.16. The maximum absolute atomic E-state index is 11.8. The van der Waals surface area contributed by atoms with Gasteiger partial charge in [0.2, 0.25) is 0 Å². The molecule has 0 bridgehead atoms. The summed E-state index contributed by atoms with van der Waals surface area (Å²) in [6.07, 6.45) is 2.30. The van der Waals surface area contributed by atoms with E-state index in [9.17, 15) is 9.90 Å². The number of aromatic nitrogens is 2. The molecule has 1 heterocycles. The van der Waals surface area contributed by atoms with Gasteiger partial charge in [0.05, 0.1) is 18.1 Å². The molecule has 2 amide bonds. The zero-order valence-electron chi connectivity index (χ0n) is 14.7. The van der Waals surface area contributed by atoms with E-state index >= 15 is 0 Å². The molecule has 7 heteroatoms. The van der Waals surface area contributed by atoms with Gasteiger partial charge in [-0.15, -0.1) is 0 Å². The molecule has 134 valence electrons. The molecule has 0 fully saturated rings. The van der Waals surface area contributed by atoms with Crippen molar-refractivity contribution < 1.29 is 14.6 Å². The number of hydrogen-bond acceptors (Lipinski definition) is 5. The fraction of sp³-hybridized carbons (Fsp3) is 0.389. The number of aliphatic hydroxyl groups is 1. The number of rotatable bonds is 6. The number of hydrogen-bond donors (Lipinski definition) is 3. The Bertz CT molecular complexity index is 669. The first-order chi connectivity index (χ1) is 11.8. The van der Waals surface area contributed by atoms with E-state index in [1.807, 2.05) is 39.0 Å². The number of urea groups is 1. The molecule has 0 unspecified atom stereocenters. The van der Waals surface area contributed by atoms with Gasteiger partial charge in [-0.3, -0.25) is 0 Å². The minimum atomic E-state index is -0.814. The smallest absolute Gasteiger partial charge is 0.319 e. The number of amides is 2. The van der Waals surface area contributed by atoms with Gasteiger partial charge in [0, 0.05) is 12.0 Å². The highest BCUT2D eigenvalue weighted by Crippen LogP contribution is 2.18. The first kappa shape index (κ1) is 18.7. The van der Waals surface area contributed by atoms with Crippen LogP contribution in [0.4, 0.5) is 10.5 Å². The van der Waals surface area contributed by atoms with Crippen LogP contribution in [0.5, 0.6) is 5.75 Å². The largest absolute Gasteiger partial charge is 0.491 e. The Morgan fingerprint density at radius 2 is 1.84 bits per heavy atom. The number of carbonyl (C=O) groups excluding carboxylic acids is 1. The van der Waals surface area contributed by atoms with Crippen LogP contribution in [-0.4, -0.2) is 40.4 Å². The number of para-hydroxylation sites is 1. The van der Waals surface area contributed by atoms with Crippen LogP contribution >= 0.6 is 0 Å². The van der Waals surface area contributed by atoms with E-state index < -0.39 is 12.1 Å².